The summed E-state index contributed by atoms with van der Waals surface area (Å²) in [5, 5.41) is 9.94. The topological polar surface area (TPSA) is 75.6 Å². The van der Waals surface area contributed by atoms with Gasteiger partial charge in [0.2, 0.25) is 0 Å². The summed E-state index contributed by atoms with van der Waals surface area (Å²) < 4.78 is 2.07. The summed E-state index contributed by atoms with van der Waals surface area (Å²) in [7, 11) is 0. The van der Waals surface area contributed by atoms with Gasteiger partial charge in [0, 0.05) is 24.4 Å². The van der Waals surface area contributed by atoms with Crippen LogP contribution in [0.3, 0.4) is 0 Å². The Kier molecular flexibility index (Phi) is 3.77. The molecule has 2 aromatic heterocycles. The summed E-state index contributed by atoms with van der Waals surface area (Å²) in [4.78, 5) is 16.3. The monoisotopic (exact) mass is 287 g/mol. The summed E-state index contributed by atoms with van der Waals surface area (Å²) >= 11 is 0. The van der Waals surface area contributed by atoms with Crippen LogP contribution in [0.4, 0.5) is 0 Å². The van der Waals surface area contributed by atoms with Gasteiger partial charge in [-0.05, 0) is 24.8 Å². The van der Waals surface area contributed by atoms with Crippen molar-refractivity contribution >= 4 is 5.91 Å². The second-order valence-electron chi connectivity index (χ2n) is 6.10. The molecular weight excluding hydrogens is 266 g/mol. The minimum absolute atomic E-state index is 0.143. The van der Waals surface area contributed by atoms with Crippen LogP contribution in [0.1, 0.15) is 54.5 Å². The highest BCUT2D eigenvalue weighted by atomic mass is 16.1. The van der Waals surface area contributed by atoms with Gasteiger partial charge in [-0.25, -0.2) is 4.98 Å². The maximum absolute atomic E-state index is 12.1. The Balaban J connectivity index is 1.58. The zero-order valence-electron chi connectivity index (χ0n) is 12.5. The quantitative estimate of drug-likeness (QED) is 0.854. The first kappa shape index (κ1) is 13.9. The molecule has 2 N–H and O–H groups in total. The van der Waals surface area contributed by atoms with E-state index in [4.69, 9.17) is 0 Å². The largest absolute Gasteiger partial charge is 0.345 e. The molecule has 0 bridgehead atoms. The highest BCUT2D eigenvalue weighted by molar-refractivity contribution is 5.92. The van der Waals surface area contributed by atoms with Crippen LogP contribution in [-0.2, 0) is 13.1 Å². The number of amides is 1. The molecule has 21 heavy (non-hydrogen) atoms. The Morgan fingerprint density at radius 1 is 1.52 bits per heavy atom. The third-order valence-corrected chi connectivity index (χ3v) is 3.64. The number of rotatable bonds is 6. The molecule has 6 nitrogen and oxygen atoms in total. The van der Waals surface area contributed by atoms with Crippen LogP contribution in [0, 0.1) is 5.92 Å². The third-order valence-electron chi connectivity index (χ3n) is 3.64. The summed E-state index contributed by atoms with van der Waals surface area (Å²) in [6.07, 6.45) is 5.99. The molecule has 0 saturated heterocycles. The van der Waals surface area contributed by atoms with Gasteiger partial charge in [-0.2, -0.15) is 5.10 Å². The molecule has 0 atom stereocenters. The summed E-state index contributed by atoms with van der Waals surface area (Å²) in [5.41, 5.74) is 2.55. The van der Waals surface area contributed by atoms with E-state index in [0.717, 1.165) is 17.9 Å². The van der Waals surface area contributed by atoms with E-state index in [1.807, 2.05) is 6.07 Å². The summed E-state index contributed by atoms with van der Waals surface area (Å²) in [6.45, 7) is 5.69. The Morgan fingerprint density at radius 2 is 2.33 bits per heavy atom. The molecule has 0 unspecified atom stereocenters. The highest BCUT2D eigenvalue weighted by Gasteiger charge is 2.26. The number of hydrogen-bond donors (Lipinski definition) is 2. The predicted octanol–water partition coefficient (Wildman–Crippen LogP) is 2.07. The lowest BCUT2D eigenvalue weighted by Gasteiger charge is -2.10. The van der Waals surface area contributed by atoms with Crippen LogP contribution in [0.5, 0.6) is 0 Å². The predicted molar refractivity (Wildman–Crippen MR) is 78.8 cm³/mol. The fourth-order valence-electron chi connectivity index (χ4n) is 2.37. The number of carbonyl (C=O) groups excluding carboxylic acids is 1. The van der Waals surface area contributed by atoms with Gasteiger partial charge in [-0.3, -0.25) is 9.89 Å². The number of aromatic nitrogens is 4. The van der Waals surface area contributed by atoms with Crippen molar-refractivity contribution in [1.82, 2.24) is 25.1 Å². The molecule has 1 fully saturated rings. The summed E-state index contributed by atoms with van der Waals surface area (Å²) in [5.74, 6) is 0.975. The number of nitrogens with one attached hydrogen (secondary N) is 2. The Bertz CT molecular complexity index is 624. The van der Waals surface area contributed by atoms with Crippen LogP contribution in [0.2, 0.25) is 0 Å². The molecule has 0 aliphatic heterocycles. The zero-order valence-corrected chi connectivity index (χ0v) is 12.5. The first-order valence-corrected chi connectivity index (χ1v) is 7.46. The van der Waals surface area contributed by atoms with Crippen LogP contribution >= 0.6 is 0 Å². The van der Waals surface area contributed by atoms with Gasteiger partial charge < -0.3 is 9.88 Å². The fourth-order valence-corrected chi connectivity index (χ4v) is 2.37. The van der Waals surface area contributed by atoms with Gasteiger partial charge in [-0.15, -0.1) is 0 Å². The minimum Gasteiger partial charge on any atom is -0.345 e. The second-order valence-corrected chi connectivity index (χ2v) is 6.10. The van der Waals surface area contributed by atoms with Crippen molar-refractivity contribution in [3.05, 3.63) is 35.7 Å². The van der Waals surface area contributed by atoms with Gasteiger partial charge in [0.25, 0.3) is 5.91 Å². The standard InChI is InChI=1S/C15H21N5O/c1-10(2)8-20-9-16-6-12(20)7-17-15(21)14-5-13(18-19-14)11-3-4-11/h5-6,9-11H,3-4,7-8H2,1-2H3,(H,17,21)(H,18,19). The van der Waals surface area contributed by atoms with Crippen molar-refractivity contribution in [3.63, 3.8) is 0 Å². The zero-order chi connectivity index (χ0) is 14.8. The maximum Gasteiger partial charge on any atom is 0.272 e. The van der Waals surface area contributed by atoms with Gasteiger partial charge in [0.15, 0.2) is 0 Å². The lowest BCUT2D eigenvalue weighted by molar-refractivity contribution is 0.0945. The van der Waals surface area contributed by atoms with Gasteiger partial charge in [-0.1, -0.05) is 13.8 Å². The van der Waals surface area contributed by atoms with Crippen molar-refractivity contribution in [3.8, 4) is 0 Å². The van der Waals surface area contributed by atoms with Crippen LogP contribution < -0.4 is 5.32 Å². The molecule has 6 heteroatoms. The van der Waals surface area contributed by atoms with E-state index in [-0.39, 0.29) is 5.91 Å². The molecular formula is C15H21N5O. The Labute approximate surface area is 124 Å². The van der Waals surface area contributed by atoms with E-state index >= 15 is 0 Å². The van der Waals surface area contributed by atoms with Crippen molar-refractivity contribution in [2.24, 2.45) is 5.92 Å². The van der Waals surface area contributed by atoms with Gasteiger partial charge in [0.1, 0.15) is 5.69 Å². The molecule has 2 heterocycles. The van der Waals surface area contributed by atoms with Crippen molar-refractivity contribution in [2.45, 2.75) is 45.7 Å². The number of imidazole rings is 1. The van der Waals surface area contributed by atoms with Crippen molar-refractivity contribution < 1.29 is 4.79 Å². The maximum atomic E-state index is 12.1. The Morgan fingerprint density at radius 3 is 3.05 bits per heavy atom. The normalized spacial score (nSPS) is 14.6. The molecule has 0 radical (unpaired) electrons. The highest BCUT2D eigenvalue weighted by Crippen LogP contribution is 2.38. The molecule has 112 valence electrons. The second kappa shape index (κ2) is 5.71. The van der Waals surface area contributed by atoms with Crippen molar-refractivity contribution in [2.75, 3.05) is 0 Å². The lowest BCUT2D eigenvalue weighted by Crippen LogP contribution is -2.24. The van der Waals surface area contributed by atoms with E-state index in [1.54, 1.807) is 12.5 Å². The third kappa shape index (κ3) is 3.32. The number of H-pyrrole nitrogens is 1. The molecule has 1 saturated carbocycles. The van der Waals surface area contributed by atoms with E-state index in [0.29, 0.717) is 24.1 Å². The van der Waals surface area contributed by atoms with E-state index in [2.05, 4.69) is 38.9 Å². The number of nitrogens with zero attached hydrogens (tertiary/aromatic N) is 3. The van der Waals surface area contributed by atoms with E-state index in [1.165, 1.54) is 12.8 Å². The van der Waals surface area contributed by atoms with Crippen molar-refractivity contribution in [1.29, 1.82) is 0 Å². The fraction of sp³-hybridized carbons (Fsp3) is 0.533. The molecule has 1 amide bonds. The first-order valence-electron chi connectivity index (χ1n) is 7.46. The average Bonchev–Trinajstić information content (AvgIpc) is 3.01. The smallest absolute Gasteiger partial charge is 0.272 e. The first-order chi connectivity index (χ1) is 10.1. The number of aromatic amines is 1. The molecule has 1 aliphatic carbocycles. The SMILES string of the molecule is CC(C)Cn1cncc1CNC(=O)c1cc(C2CC2)[nH]n1. The van der Waals surface area contributed by atoms with Gasteiger partial charge in [0.05, 0.1) is 18.6 Å². The summed E-state index contributed by atoms with van der Waals surface area (Å²) in [6, 6.07) is 1.86. The lowest BCUT2D eigenvalue weighted by atomic mass is 10.2. The molecule has 2 aromatic rings. The molecule has 3 rings (SSSR count). The average molecular weight is 287 g/mol. The molecule has 1 aliphatic rings. The van der Waals surface area contributed by atoms with Crippen LogP contribution in [-0.4, -0.2) is 25.7 Å². The molecule has 0 spiro atoms. The number of hydrogen-bond acceptors (Lipinski definition) is 3. The minimum atomic E-state index is -0.143. The number of carbonyl (C=O) groups is 1. The van der Waals surface area contributed by atoms with Crippen LogP contribution in [0.25, 0.3) is 0 Å². The van der Waals surface area contributed by atoms with E-state index in [9.17, 15) is 4.79 Å². The Hall–Kier alpha value is -2.11. The van der Waals surface area contributed by atoms with Gasteiger partial charge >= 0.3 is 0 Å². The molecule has 0 aromatic carbocycles. The van der Waals surface area contributed by atoms with E-state index < -0.39 is 0 Å². The van der Waals surface area contributed by atoms with Crippen LogP contribution in [0.15, 0.2) is 18.6 Å².